The van der Waals surface area contributed by atoms with Crippen molar-refractivity contribution in [1.82, 2.24) is 20.6 Å². The van der Waals surface area contributed by atoms with Crippen LogP contribution in [0.4, 0.5) is 0 Å². The molecule has 0 saturated carbocycles. The second-order valence-electron chi connectivity index (χ2n) is 7.19. The second-order valence-corrected chi connectivity index (χ2v) is 7.19. The van der Waals surface area contributed by atoms with Crippen LogP contribution in [0.25, 0.3) is 22.2 Å². The van der Waals surface area contributed by atoms with E-state index in [1.807, 2.05) is 62.5 Å². The summed E-state index contributed by atoms with van der Waals surface area (Å²) in [6.45, 7) is 3.90. The van der Waals surface area contributed by atoms with Crippen molar-refractivity contribution < 1.29 is 14.3 Å². The molecular weight excluding hydrogens is 394 g/mol. The monoisotopic (exact) mass is 417 g/mol. The number of methoxy groups -OCH3 is 1. The largest absolute Gasteiger partial charge is 0.493 e. The van der Waals surface area contributed by atoms with Gasteiger partial charge in [0, 0.05) is 28.2 Å². The Balaban J connectivity index is 1.46. The zero-order chi connectivity index (χ0) is 21.8. The number of hydrazone groups is 1. The molecule has 2 aromatic heterocycles. The van der Waals surface area contributed by atoms with Gasteiger partial charge in [-0.1, -0.05) is 18.2 Å². The van der Waals surface area contributed by atoms with Gasteiger partial charge in [0.1, 0.15) is 5.69 Å². The number of para-hydroxylation sites is 1. The van der Waals surface area contributed by atoms with Gasteiger partial charge in [0.05, 0.1) is 25.1 Å². The zero-order valence-electron chi connectivity index (χ0n) is 17.5. The van der Waals surface area contributed by atoms with Crippen molar-refractivity contribution in [2.45, 2.75) is 20.0 Å². The first kappa shape index (κ1) is 20.2. The van der Waals surface area contributed by atoms with Gasteiger partial charge in [0.25, 0.3) is 5.91 Å². The number of nitrogens with one attached hydrogen (secondary N) is 3. The lowest BCUT2D eigenvalue weighted by atomic mass is 10.1. The van der Waals surface area contributed by atoms with Crippen molar-refractivity contribution >= 4 is 23.0 Å². The average Bonchev–Trinajstić information content (AvgIpc) is 3.41. The van der Waals surface area contributed by atoms with Crippen molar-refractivity contribution in [3.8, 4) is 22.8 Å². The van der Waals surface area contributed by atoms with Crippen LogP contribution >= 0.6 is 0 Å². The van der Waals surface area contributed by atoms with Crippen LogP contribution in [0.15, 0.2) is 59.8 Å². The van der Waals surface area contributed by atoms with Gasteiger partial charge in [0.15, 0.2) is 11.5 Å². The number of aromatic nitrogens is 3. The lowest BCUT2D eigenvalue weighted by Gasteiger charge is -2.14. The number of hydrogen-bond donors (Lipinski definition) is 3. The van der Waals surface area contributed by atoms with Crippen LogP contribution in [0.1, 0.15) is 29.9 Å². The molecule has 0 radical (unpaired) electrons. The molecule has 0 saturated heterocycles. The molecular formula is C23H23N5O3. The van der Waals surface area contributed by atoms with E-state index >= 15 is 0 Å². The normalized spacial score (nSPS) is 11.4. The summed E-state index contributed by atoms with van der Waals surface area (Å²) in [7, 11) is 1.58. The van der Waals surface area contributed by atoms with Gasteiger partial charge in [-0.2, -0.15) is 10.2 Å². The van der Waals surface area contributed by atoms with E-state index in [4.69, 9.17) is 9.47 Å². The minimum absolute atomic E-state index is 0.0326. The minimum atomic E-state index is -0.387. The highest BCUT2D eigenvalue weighted by Crippen LogP contribution is 2.32. The molecule has 0 bridgehead atoms. The van der Waals surface area contributed by atoms with Gasteiger partial charge in [-0.15, -0.1) is 0 Å². The van der Waals surface area contributed by atoms with Crippen molar-refractivity contribution in [2.75, 3.05) is 7.11 Å². The topological polar surface area (TPSA) is 104 Å². The standard InChI is InChI=1S/C23H23N5O3/c1-14(2)31-21-9-8-15(10-22(21)30-3)19-11-20(27-26-19)23(29)28-25-13-16-12-24-18-7-5-4-6-17(16)18/h4-14,24H,1-3H3,(H,26,27)(H,28,29)/b25-13-. The van der Waals surface area contributed by atoms with Gasteiger partial charge >= 0.3 is 0 Å². The van der Waals surface area contributed by atoms with Gasteiger partial charge in [-0.05, 0) is 44.2 Å². The third kappa shape index (κ3) is 4.42. The molecule has 0 fully saturated rings. The van der Waals surface area contributed by atoms with E-state index in [1.165, 1.54) is 0 Å². The average molecular weight is 417 g/mol. The third-order valence-electron chi connectivity index (χ3n) is 4.64. The first-order valence-corrected chi connectivity index (χ1v) is 9.85. The van der Waals surface area contributed by atoms with Crippen LogP contribution in [0.3, 0.4) is 0 Å². The molecule has 3 N–H and O–H groups in total. The number of nitrogens with zero attached hydrogens (tertiary/aromatic N) is 2. The summed E-state index contributed by atoms with van der Waals surface area (Å²) in [5.74, 6) is 0.867. The maximum atomic E-state index is 12.4. The maximum absolute atomic E-state index is 12.4. The fraction of sp³-hybridized carbons (Fsp3) is 0.174. The Labute approximate surface area is 179 Å². The molecule has 8 nitrogen and oxygen atoms in total. The molecule has 8 heteroatoms. The predicted octanol–water partition coefficient (Wildman–Crippen LogP) is 4.12. The van der Waals surface area contributed by atoms with E-state index in [-0.39, 0.29) is 12.0 Å². The van der Waals surface area contributed by atoms with E-state index in [1.54, 1.807) is 19.4 Å². The Kier molecular flexibility index (Phi) is 5.70. The van der Waals surface area contributed by atoms with Crippen LogP contribution in [0.5, 0.6) is 11.5 Å². The molecule has 0 spiro atoms. The van der Waals surface area contributed by atoms with E-state index in [0.29, 0.717) is 22.9 Å². The van der Waals surface area contributed by atoms with Crippen LogP contribution < -0.4 is 14.9 Å². The maximum Gasteiger partial charge on any atom is 0.289 e. The van der Waals surface area contributed by atoms with Crippen LogP contribution in [0, 0.1) is 0 Å². The molecule has 1 amide bonds. The SMILES string of the molecule is COc1cc(-c2cc(C(=O)N/N=C\c3c[nH]c4ccccc34)[nH]n2)ccc1OC(C)C. The number of hydrogen-bond acceptors (Lipinski definition) is 5. The Bertz CT molecular complexity index is 1240. The van der Waals surface area contributed by atoms with Gasteiger partial charge < -0.3 is 14.5 Å². The predicted molar refractivity (Wildman–Crippen MR) is 120 cm³/mol. The number of H-pyrrole nitrogens is 2. The highest BCUT2D eigenvalue weighted by Gasteiger charge is 2.13. The minimum Gasteiger partial charge on any atom is -0.493 e. The summed E-state index contributed by atoms with van der Waals surface area (Å²) >= 11 is 0. The Morgan fingerprint density at radius 2 is 2.00 bits per heavy atom. The fourth-order valence-corrected chi connectivity index (χ4v) is 3.19. The highest BCUT2D eigenvalue weighted by molar-refractivity contribution is 6.00. The van der Waals surface area contributed by atoms with E-state index < -0.39 is 0 Å². The number of ether oxygens (including phenoxy) is 2. The number of rotatable bonds is 7. The summed E-state index contributed by atoms with van der Waals surface area (Å²) in [6, 6.07) is 15.1. The van der Waals surface area contributed by atoms with Crippen molar-refractivity contribution in [3.05, 3.63) is 66.0 Å². The molecule has 2 heterocycles. The van der Waals surface area contributed by atoms with E-state index in [2.05, 4.69) is 25.7 Å². The fourth-order valence-electron chi connectivity index (χ4n) is 3.19. The smallest absolute Gasteiger partial charge is 0.289 e. The van der Waals surface area contributed by atoms with Gasteiger partial charge in [0.2, 0.25) is 0 Å². The van der Waals surface area contributed by atoms with E-state index in [9.17, 15) is 4.79 Å². The number of amides is 1. The van der Waals surface area contributed by atoms with Crippen molar-refractivity contribution in [2.24, 2.45) is 5.10 Å². The number of carbonyl (C=O) groups is 1. The van der Waals surface area contributed by atoms with Crippen LogP contribution in [0.2, 0.25) is 0 Å². The Morgan fingerprint density at radius 1 is 1.16 bits per heavy atom. The van der Waals surface area contributed by atoms with Crippen LogP contribution in [-0.2, 0) is 0 Å². The molecule has 0 aliphatic heterocycles. The summed E-state index contributed by atoms with van der Waals surface area (Å²) in [6.07, 6.45) is 3.48. The Morgan fingerprint density at radius 3 is 2.81 bits per heavy atom. The Hall–Kier alpha value is -4.07. The quantitative estimate of drug-likeness (QED) is 0.311. The molecule has 0 aliphatic rings. The molecule has 31 heavy (non-hydrogen) atoms. The molecule has 158 valence electrons. The number of benzene rings is 2. The molecule has 2 aromatic carbocycles. The number of aromatic amines is 2. The number of fused-ring (bicyclic) bond motifs is 1. The molecule has 0 aliphatic carbocycles. The lowest BCUT2D eigenvalue weighted by molar-refractivity contribution is 0.0950. The summed E-state index contributed by atoms with van der Waals surface area (Å²) in [5.41, 5.74) is 6.12. The number of carbonyl (C=O) groups excluding carboxylic acids is 1. The van der Waals surface area contributed by atoms with Crippen molar-refractivity contribution in [1.29, 1.82) is 0 Å². The van der Waals surface area contributed by atoms with E-state index in [0.717, 1.165) is 22.0 Å². The highest BCUT2D eigenvalue weighted by atomic mass is 16.5. The lowest BCUT2D eigenvalue weighted by Crippen LogP contribution is -2.17. The first-order valence-electron chi connectivity index (χ1n) is 9.85. The third-order valence-corrected chi connectivity index (χ3v) is 4.64. The van der Waals surface area contributed by atoms with Crippen LogP contribution in [-0.4, -0.2) is 40.5 Å². The second kappa shape index (κ2) is 8.74. The van der Waals surface area contributed by atoms with Gasteiger partial charge in [-0.3, -0.25) is 9.89 Å². The zero-order valence-corrected chi connectivity index (χ0v) is 17.5. The molecule has 4 aromatic rings. The van der Waals surface area contributed by atoms with Crippen molar-refractivity contribution in [3.63, 3.8) is 0 Å². The summed E-state index contributed by atoms with van der Waals surface area (Å²) < 4.78 is 11.2. The first-order chi connectivity index (χ1) is 15.0. The summed E-state index contributed by atoms with van der Waals surface area (Å²) in [4.78, 5) is 15.6. The molecule has 0 atom stereocenters. The molecule has 4 rings (SSSR count). The molecule has 0 unspecified atom stereocenters. The van der Waals surface area contributed by atoms with Gasteiger partial charge in [-0.25, -0.2) is 5.43 Å². The summed E-state index contributed by atoms with van der Waals surface area (Å²) in [5, 5.41) is 12.1.